The molecule has 2 aromatic rings. The topological polar surface area (TPSA) is 81.5 Å². The summed E-state index contributed by atoms with van der Waals surface area (Å²) in [5.41, 5.74) is 1.32. The molecule has 7 nitrogen and oxygen atoms in total. The molecule has 1 aliphatic heterocycles. The first-order valence-corrected chi connectivity index (χ1v) is 7.61. The number of aromatic nitrogens is 3. The summed E-state index contributed by atoms with van der Waals surface area (Å²) in [5.74, 6) is 0.307. The van der Waals surface area contributed by atoms with Crippen LogP contribution in [0.3, 0.4) is 0 Å². The number of nitrogens with one attached hydrogen (secondary N) is 1. The number of ether oxygens (including phenoxy) is 2. The van der Waals surface area contributed by atoms with Crippen LogP contribution in [0.2, 0.25) is 0 Å². The minimum absolute atomic E-state index is 0.0817. The fourth-order valence-corrected chi connectivity index (χ4v) is 2.54. The Morgan fingerprint density at radius 1 is 1.52 bits per heavy atom. The Hall–Kier alpha value is -2.32. The number of benzene rings is 1. The molecule has 0 radical (unpaired) electrons. The van der Waals surface area contributed by atoms with Crippen LogP contribution in [0.25, 0.3) is 0 Å². The quantitative estimate of drug-likeness (QED) is 0.528. The largest absolute Gasteiger partial charge is 0.465 e. The van der Waals surface area contributed by atoms with E-state index < -0.39 is 0 Å². The Balaban J connectivity index is 1.81. The van der Waals surface area contributed by atoms with Gasteiger partial charge in [0.15, 0.2) is 5.82 Å². The fraction of sp³-hybridized carbons (Fsp3) is 0.333. The van der Waals surface area contributed by atoms with E-state index >= 15 is 0 Å². The highest BCUT2D eigenvalue weighted by molar-refractivity contribution is 7.71. The lowest BCUT2D eigenvalue weighted by atomic mass is 10.1. The monoisotopic (exact) mass is 332 g/mol. The second-order valence-electron chi connectivity index (χ2n) is 5.06. The molecule has 1 saturated heterocycles. The lowest BCUT2D eigenvalue weighted by Crippen LogP contribution is -2.05. The highest BCUT2D eigenvalue weighted by atomic mass is 32.1. The van der Waals surface area contributed by atoms with E-state index in [0.717, 1.165) is 25.0 Å². The van der Waals surface area contributed by atoms with Crippen molar-refractivity contribution < 1.29 is 14.3 Å². The van der Waals surface area contributed by atoms with Gasteiger partial charge in [-0.15, -0.1) is 0 Å². The molecular formula is C15H16N4O3S. The lowest BCUT2D eigenvalue weighted by molar-refractivity contribution is 0.0600. The van der Waals surface area contributed by atoms with Crippen molar-refractivity contribution in [2.24, 2.45) is 5.10 Å². The van der Waals surface area contributed by atoms with E-state index in [4.69, 9.17) is 17.0 Å². The van der Waals surface area contributed by atoms with Crippen molar-refractivity contribution in [1.82, 2.24) is 14.9 Å². The van der Waals surface area contributed by atoms with Crippen molar-refractivity contribution in [3.63, 3.8) is 0 Å². The minimum Gasteiger partial charge on any atom is -0.465 e. The van der Waals surface area contributed by atoms with E-state index in [2.05, 4.69) is 20.0 Å². The number of rotatable bonds is 4. The number of nitrogens with zero attached hydrogens (tertiary/aromatic N) is 3. The van der Waals surface area contributed by atoms with Gasteiger partial charge in [-0.1, -0.05) is 12.1 Å². The molecule has 0 bridgehead atoms. The zero-order chi connectivity index (χ0) is 16.2. The number of hydrogen-bond acceptors (Lipinski definition) is 6. The fourth-order valence-electron chi connectivity index (χ4n) is 2.35. The van der Waals surface area contributed by atoms with E-state index in [1.807, 2.05) is 0 Å². The second kappa shape index (κ2) is 6.84. The van der Waals surface area contributed by atoms with Gasteiger partial charge in [0.05, 0.1) is 18.9 Å². The van der Waals surface area contributed by atoms with Gasteiger partial charge in [-0.25, -0.2) is 4.79 Å². The first-order valence-electron chi connectivity index (χ1n) is 7.20. The third kappa shape index (κ3) is 3.38. The number of aromatic amines is 1. The zero-order valence-electron chi connectivity index (χ0n) is 12.6. The molecule has 3 rings (SSSR count). The van der Waals surface area contributed by atoms with Crippen LogP contribution in [0.5, 0.6) is 0 Å². The predicted molar refractivity (Wildman–Crippen MR) is 86.1 cm³/mol. The average Bonchev–Trinajstić information content (AvgIpc) is 3.22. The lowest BCUT2D eigenvalue weighted by Gasteiger charge is -2.07. The summed E-state index contributed by atoms with van der Waals surface area (Å²) >= 11 is 5.21. The van der Waals surface area contributed by atoms with Gasteiger partial charge in [0, 0.05) is 6.61 Å². The average molecular weight is 332 g/mol. The number of hydrogen-bond donors (Lipinski definition) is 1. The minimum atomic E-state index is -0.369. The molecule has 1 aliphatic rings. The van der Waals surface area contributed by atoms with Crippen LogP contribution in [0.4, 0.5) is 0 Å². The van der Waals surface area contributed by atoms with Crippen LogP contribution in [0.1, 0.15) is 40.7 Å². The molecule has 0 saturated carbocycles. The Morgan fingerprint density at radius 2 is 2.30 bits per heavy atom. The molecule has 8 heteroatoms. The third-order valence-electron chi connectivity index (χ3n) is 3.55. The molecule has 0 unspecified atom stereocenters. The third-order valence-corrected chi connectivity index (χ3v) is 3.81. The normalized spacial score (nSPS) is 17.7. The standard InChI is InChI=1S/C15H16N4O3S/c1-21-14(20)11-6-4-10(5-7-11)9-16-19-13(17-18-15(19)23)12-3-2-8-22-12/h4-7,9,12H,2-3,8H2,1H3,(H,18,23)/b16-9-/t12-/m0/s1. The van der Waals surface area contributed by atoms with Crippen molar-refractivity contribution in [1.29, 1.82) is 0 Å². The van der Waals surface area contributed by atoms with E-state index in [0.29, 0.717) is 16.2 Å². The number of methoxy groups -OCH3 is 1. The summed E-state index contributed by atoms with van der Waals surface area (Å²) in [6.07, 6.45) is 3.48. The Labute approximate surface area is 137 Å². The predicted octanol–water partition coefficient (Wildman–Crippen LogP) is 2.46. The van der Waals surface area contributed by atoms with Gasteiger partial charge in [0.25, 0.3) is 0 Å². The summed E-state index contributed by atoms with van der Waals surface area (Å²) in [5, 5.41) is 11.3. The number of H-pyrrole nitrogens is 1. The number of carbonyl (C=O) groups is 1. The van der Waals surface area contributed by atoms with Gasteiger partial charge in [-0.05, 0) is 42.8 Å². The molecular weight excluding hydrogens is 316 g/mol. The van der Waals surface area contributed by atoms with Crippen LogP contribution >= 0.6 is 12.2 Å². The maximum Gasteiger partial charge on any atom is 0.337 e. The van der Waals surface area contributed by atoms with Crippen LogP contribution in [0, 0.1) is 4.77 Å². The maximum absolute atomic E-state index is 11.4. The zero-order valence-corrected chi connectivity index (χ0v) is 13.4. The van der Waals surface area contributed by atoms with Gasteiger partial charge in [0.2, 0.25) is 4.77 Å². The molecule has 23 heavy (non-hydrogen) atoms. The van der Waals surface area contributed by atoms with Gasteiger partial charge in [0.1, 0.15) is 6.10 Å². The Kier molecular flexibility index (Phi) is 4.63. The molecule has 0 aliphatic carbocycles. The second-order valence-corrected chi connectivity index (χ2v) is 5.45. The Morgan fingerprint density at radius 3 is 2.96 bits per heavy atom. The van der Waals surface area contributed by atoms with E-state index in [-0.39, 0.29) is 12.1 Å². The molecule has 1 N–H and O–H groups in total. The van der Waals surface area contributed by atoms with Gasteiger partial charge in [-0.2, -0.15) is 14.9 Å². The summed E-state index contributed by atoms with van der Waals surface area (Å²) in [7, 11) is 1.35. The molecule has 0 spiro atoms. The SMILES string of the molecule is COC(=O)c1ccc(/C=N\n2c([C@@H]3CCCO3)n[nH]c2=S)cc1. The molecule has 120 valence electrons. The van der Waals surface area contributed by atoms with Crippen molar-refractivity contribution >= 4 is 24.4 Å². The molecule has 0 amide bonds. The van der Waals surface area contributed by atoms with E-state index in [9.17, 15) is 4.79 Å². The summed E-state index contributed by atoms with van der Waals surface area (Å²) < 4.78 is 12.3. The van der Waals surface area contributed by atoms with E-state index in [1.54, 1.807) is 35.2 Å². The molecule has 2 heterocycles. The number of carbonyl (C=O) groups excluding carboxylic acids is 1. The van der Waals surface area contributed by atoms with Gasteiger partial charge in [-0.3, -0.25) is 5.10 Å². The molecule has 1 aromatic carbocycles. The van der Waals surface area contributed by atoms with Gasteiger partial charge < -0.3 is 9.47 Å². The number of esters is 1. The summed E-state index contributed by atoms with van der Waals surface area (Å²) in [6.45, 7) is 0.725. The van der Waals surface area contributed by atoms with Crippen LogP contribution in [-0.2, 0) is 9.47 Å². The van der Waals surface area contributed by atoms with Crippen molar-refractivity contribution in [3.05, 3.63) is 46.0 Å². The van der Waals surface area contributed by atoms with Crippen molar-refractivity contribution in [2.75, 3.05) is 13.7 Å². The summed E-state index contributed by atoms with van der Waals surface area (Å²) in [4.78, 5) is 11.4. The molecule has 1 aromatic heterocycles. The van der Waals surface area contributed by atoms with E-state index in [1.165, 1.54) is 7.11 Å². The summed E-state index contributed by atoms with van der Waals surface area (Å²) in [6, 6.07) is 6.93. The smallest absolute Gasteiger partial charge is 0.337 e. The van der Waals surface area contributed by atoms with Crippen LogP contribution in [0.15, 0.2) is 29.4 Å². The maximum atomic E-state index is 11.4. The van der Waals surface area contributed by atoms with Crippen molar-refractivity contribution in [3.8, 4) is 0 Å². The van der Waals surface area contributed by atoms with Gasteiger partial charge >= 0.3 is 5.97 Å². The first-order chi connectivity index (χ1) is 11.2. The molecule has 1 atom stereocenters. The van der Waals surface area contributed by atoms with Crippen molar-refractivity contribution in [2.45, 2.75) is 18.9 Å². The molecule has 1 fully saturated rings. The highest BCUT2D eigenvalue weighted by Crippen LogP contribution is 2.26. The Bertz CT molecular complexity index is 773. The van der Waals surface area contributed by atoms with Crippen LogP contribution < -0.4 is 0 Å². The van der Waals surface area contributed by atoms with Crippen LogP contribution in [-0.4, -0.2) is 40.8 Å². The first kappa shape index (κ1) is 15.6. The highest BCUT2D eigenvalue weighted by Gasteiger charge is 2.23.